The molecular formula is C117H180O7. The molecule has 3 saturated carbocycles. The Morgan fingerprint density at radius 3 is 0.508 bits per heavy atom. The van der Waals surface area contributed by atoms with Crippen LogP contribution in [0.3, 0.4) is 0 Å². The molecule has 7 N–H and O–H groups in total. The van der Waals surface area contributed by atoms with E-state index in [-0.39, 0.29) is 0 Å². The first-order valence-corrected chi connectivity index (χ1v) is 47.1. The summed E-state index contributed by atoms with van der Waals surface area (Å²) < 4.78 is 45.1. The molecule has 0 spiro atoms. The maximum Gasteiger partial charge on any atom is 0.293 e. The van der Waals surface area contributed by atoms with Crippen molar-refractivity contribution in [2.24, 2.45) is 29.6 Å². The summed E-state index contributed by atoms with van der Waals surface area (Å²) in [5, 5.41) is 31.8. The fourth-order valence-electron chi connectivity index (χ4n) is 11.0. The molecular weight excluding hydrogens is 1520 g/mol. The molecule has 4 atom stereocenters. The highest BCUT2D eigenvalue weighted by Crippen LogP contribution is 2.58. The highest BCUT2D eigenvalue weighted by atomic mass is 16.3. The first-order valence-electron chi connectivity index (χ1n) is 49.9. The minimum atomic E-state index is 0.576. The van der Waals surface area contributed by atoms with Crippen LogP contribution in [0.1, 0.15) is 281 Å². The number of fused-ring (bicyclic) bond motifs is 6. The molecule has 3 fully saturated rings. The second-order valence-corrected chi connectivity index (χ2v) is 26.6. The number of rotatable bonds is 12. The topological polar surface area (TPSA) is 142 Å². The largest absolute Gasteiger partial charge is 0.508 e. The summed E-state index contributed by atoms with van der Waals surface area (Å²) in [4.78, 5) is 0. The smallest absolute Gasteiger partial charge is 0.293 e. The molecule has 15 rings (SSSR count). The van der Waals surface area contributed by atoms with Crippen LogP contribution in [-0.4, -0.2) is 45.8 Å². The zero-order chi connectivity index (χ0) is 101. The molecule has 0 aromatic heterocycles. The van der Waals surface area contributed by atoms with Gasteiger partial charge in [0, 0.05) is 0 Å². The zero-order valence-electron chi connectivity index (χ0n) is 90.2. The number of aryl methyl sites for hydroxylation is 4. The lowest BCUT2D eigenvalue weighted by atomic mass is 9.82. The number of phenols is 7. The summed E-state index contributed by atoms with van der Waals surface area (Å²) in [7, 11) is 0. The number of para-hydroxylation sites is 7. The van der Waals surface area contributed by atoms with Crippen molar-refractivity contribution in [3.63, 3.8) is 0 Å². The summed E-state index contributed by atoms with van der Waals surface area (Å²) in [6.07, 6.45) is 17.8. The van der Waals surface area contributed by atoms with E-state index >= 15 is 0 Å². The van der Waals surface area contributed by atoms with Crippen LogP contribution in [0.2, 0.25) is 0 Å². The molecule has 0 amide bonds. The number of aromatic hydroxyl groups is 7. The highest BCUT2D eigenvalue weighted by Gasteiger charge is 2.48. The van der Waals surface area contributed by atoms with E-state index in [0.29, 0.717) is 40.2 Å². The number of benzene rings is 12. The third-order valence-electron chi connectivity index (χ3n) is 16.1. The molecule has 12 aromatic rings. The van der Waals surface area contributed by atoms with Gasteiger partial charge in [0.1, 0.15) is 40.2 Å². The van der Waals surface area contributed by atoms with E-state index in [1.165, 1.54) is 87.1 Å². The van der Waals surface area contributed by atoms with E-state index in [1.807, 2.05) is 238 Å². The Kier molecular flexibility index (Phi) is 92.7. The Bertz CT molecular complexity index is 3510. The highest BCUT2D eigenvalue weighted by molar-refractivity contribution is 5.82. The lowest BCUT2D eigenvalue weighted by molar-refractivity contribution is 0.259. The monoisotopic (exact) mass is 1700 g/mol. The third-order valence-corrected chi connectivity index (χ3v) is 16.1. The van der Waals surface area contributed by atoms with E-state index in [9.17, 15) is 0 Å². The second-order valence-electron chi connectivity index (χ2n) is 26.6. The van der Waals surface area contributed by atoms with Crippen LogP contribution in [0.25, 0.3) is 21.9 Å². The predicted molar refractivity (Wildman–Crippen MR) is 557 cm³/mol. The van der Waals surface area contributed by atoms with Crippen LogP contribution in [0.5, 0.6) is 40.2 Å². The first kappa shape index (κ1) is 113. The molecule has 12 aromatic carbocycles. The average Bonchev–Trinajstić information content (AvgIpc) is 1.62. The fraction of sp³-hybridized carbons (Fsp3) is 0.402. The van der Waals surface area contributed by atoms with Gasteiger partial charge in [0.25, 0.3) is 10.0 Å². The van der Waals surface area contributed by atoms with Crippen molar-refractivity contribution in [2.75, 3.05) is 0 Å². The van der Waals surface area contributed by atoms with Crippen LogP contribution in [0, 0.1) is 29.6 Å². The van der Waals surface area contributed by atoms with Gasteiger partial charge in [-0.2, -0.15) is 0 Å². The molecule has 3 aliphatic rings. The van der Waals surface area contributed by atoms with Crippen molar-refractivity contribution < 1.29 is 35.8 Å². The van der Waals surface area contributed by atoms with Gasteiger partial charge in [-0.25, -0.2) is 0 Å². The lowest BCUT2D eigenvalue weighted by Crippen LogP contribution is -2.15. The Hall–Kier alpha value is -10.5. The minimum Gasteiger partial charge on any atom is -0.508 e. The number of phenolic OH excluding ortho intramolecular Hbond substituents is 7. The van der Waals surface area contributed by atoms with E-state index in [0.717, 1.165) is 31.6 Å². The van der Waals surface area contributed by atoms with E-state index in [2.05, 4.69) is 247 Å². The van der Waals surface area contributed by atoms with Crippen molar-refractivity contribution >= 4 is 10.8 Å². The maximum atomic E-state index is 6.44. The Labute approximate surface area is 773 Å². The quantitative estimate of drug-likeness (QED) is 0.0646. The summed E-state index contributed by atoms with van der Waals surface area (Å²) in [6, 6.07) is 106. The van der Waals surface area contributed by atoms with Gasteiger partial charge in [-0.15, -0.1) is 0 Å². The average molecular weight is 1710 g/mol. The molecule has 690 valence electrons. The fourth-order valence-corrected chi connectivity index (χ4v) is 11.0. The van der Waals surface area contributed by atoms with Crippen LogP contribution >= 0.6 is 0 Å². The molecule has 7 heteroatoms. The first-order chi connectivity index (χ1) is 64.1. The van der Waals surface area contributed by atoms with Gasteiger partial charge < -0.3 is 35.8 Å². The molecule has 0 heterocycles. The molecule has 124 heavy (non-hydrogen) atoms. The van der Waals surface area contributed by atoms with Gasteiger partial charge in [0.15, 0.2) is 0 Å². The summed E-state index contributed by atoms with van der Waals surface area (Å²) in [5.74, 6) is 9.67. The number of hydrogen-bond donors (Lipinski definition) is 7. The van der Waals surface area contributed by atoms with Gasteiger partial charge in [-0.3, -0.25) is 0 Å². The van der Waals surface area contributed by atoms with Crippen molar-refractivity contribution in [1.82, 2.24) is 0 Å². The predicted octanol–water partition coefficient (Wildman–Crippen LogP) is 36.8. The van der Waals surface area contributed by atoms with Gasteiger partial charge in [-0.1, -0.05) is 475 Å². The van der Waals surface area contributed by atoms with E-state index in [4.69, 9.17) is 10.0 Å². The van der Waals surface area contributed by atoms with E-state index < -0.39 is 0 Å². The minimum absolute atomic E-state index is 0.576. The molecule has 4 unspecified atom stereocenters. The van der Waals surface area contributed by atoms with E-state index in [1.54, 1.807) is 123 Å². The summed E-state index contributed by atoms with van der Waals surface area (Å²) >= 11 is 0. The standard InChI is InChI=1S/C16H18.C10H16.C10H8.C10H14.7C6H6O.C4H10.3C3H8.8C2H6/c1-3-13-5-9-15(10-6-13)16-11-7-14(4-2)8-12-16;1-2-9-7-4-5-8(6-7)10(9)3-1;1-2-6-10-8-4-3-7-9(10)5-1;1-3-9-5-7-10(4-2)8-6-9;7*7-6-4-2-1-3-5-6;1-4(2)3;3*1-3-2;8*1-2/h5-12H,3-4H2,1-2H3;7-10H,1-6H2;1-8H;5-8H,3-4H2,1-2H3;7*1-5,7H;4H,1-3H3;3*3H2,1-2H3;8*1-2H3/i/hD7. The normalized spacial score (nSPS) is 12.6. The Morgan fingerprint density at radius 2 is 0.371 bits per heavy atom. The SMILES string of the molecule is C1CC2C3CCC(C3)C2C1.CC.CC.CC.CC.CC.CC.CC.CC.CC(C)C.CCC.CCC.CCC.CCc1ccc(-c2ccc(CC)cc2)cc1.CCc1ccc(CC)cc1.[2H]Oc1ccccc1.[2H]Oc1ccccc1.[2H]Oc1ccccc1.[2H]Oc1ccccc1.[2H]Oc1ccccc1.[2H]Oc1ccccc1.[2H]Oc1ccccc1.c1ccc2ccccc2c1. The zero-order valence-corrected chi connectivity index (χ0v) is 83.2. The molecule has 0 aliphatic heterocycles. The molecule has 0 saturated heterocycles. The van der Waals surface area contributed by atoms with Crippen molar-refractivity contribution in [3.8, 4) is 51.4 Å². The van der Waals surface area contributed by atoms with Gasteiger partial charge in [0.05, 0.1) is 0 Å². The lowest BCUT2D eigenvalue weighted by Gasteiger charge is -2.23. The Balaban J connectivity index is -0.000000207. The van der Waals surface area contributed by atoms with Crippen LogP contribution in [0.15, 0.2) is 334 Å². The second kappa shape index (κ2) is 101. The molecule has 3 aliphatic carbocycles. The van der Waals surface area contributed by atoms with Crippen molar-refractivity contribution in [3.05, 3.63) is 356 Å². The third kappa shape index (κ3) is 77.5. The van der Waals surface area contributed by atoms with Crippen molar-refractivity contribution in [1.29, 1.82) is 10.0 Å². The summed E-state index contributed by atoms with van der Waals surface area (Å²) in [5.41, 5.74) is 8.26. The van der Waals surface area contributed by atoms with Crippen molar-refractivity contribution in [2.45, 2.75) is 284 Å². The van der Waals surface area contributed by atoms with Gasteiger partial charge in [-0.05, 0) is 216 Å². The van der Waals surface area contributed by atoms with Crippen LogP contribution < -0.4 is 0 Å². The maximum absolute atomic E-state index is 6.44. The molecule has 0 radical (unpaired) electrons. The van der Waals surface area contributed by atoms with Gasteiger partial charge >= 0.3 is 0 Å². The van der Waals surface area contributed by atoms with Crippen LogP contribution in [0.4, 0.5) is 0 Å². The Morgan fingerprint density at radius 1 is 0.226 bits per heavy atom. The molecule has 2 bridgehead atoms. The van der Waals surface area contributed by atoms with Gasteiger partial charge in [0.2, 0.25) is 0 Å². The van der Waals surface area contributed by atoms with Crippen LogP contribution in [-0.2, 0) is 25.7 Å². The summed E-state index contributed by atoms with van der Waals surface area (Å²) in [6.45, 7) is 60.0. The molecule has 7 nitrogen and oxygen atoms in total. The number of hydrogen-bond acceptors (Lipinski definition) is 7.